The Hall–Kier alpha value is 0.0900. The van der Waals surface area contributed by atoms with Gasteiger partial charge < -0.3 is 0 Å². The van der Waals surface area contributed by atoms with Gasteiger partial charge in [-0.05, 0) is 34.0 Å². The van der Waals surface area contributed by atoms with E-state index in [-0.39, 0.29) is 0 Å². The SMILES string of the molecule is CCC(CC)CNS(=O)(=O)c1ccc(Br)s1. The molecule has 0 radical (unpaired) electrons. The fraction of sp³-hybridized carbons (Fsp3) is 0.600. The summed E-state index contributed by atoms with van der Waals surface area (Å²) in [7, 11) is -3.32. The molecule has 1 aromatic heterocycles. The highest BCUT2D eigenvalue weighted by molar-refractivity contribution is 9.11. The van der Waals surface area contributed by atoms with Gasteiger partial charge in [-0.3, -0.25) is 0 Å². The minimum Gasteiger partial charge on any atom is -0.210 e. The van der Waals surface area contributed by atoms with Crippen molar-refractivity contribution in [1.29, 1.82) is 0 Å². The Morgan fingerprint density at radius 1 is 1.38 bits per heavy atom. The second-order valence-corrected chi connectivity index (χ2v) is 8.05. The van der Waals surface area contributed by atoms with Crippen LogP contribution in [0.15, 0.2) is 20.1 Å². The second-order valence-electron chi connectivity index (χ2n) is 3.59. The standard InChI is InChI=1S/C10H16BrNO2S2/c1-3-8(4-2)7-12-16(13,14)10-6-5-9(11)15-10/h5-6,8,12H,3-4,7H2,1-2H3. The number of sulfonamides is 1. The predicted octanol–water partition coefficient (Wildman–Crippen LogP) is 3.23. The molecule has 0 fully saturated rings. The number of hydrogen-bond acceptors (Lipinski definition) is 3. The summed E-state index contributed by atoms with van der Waals surface area (Å²) in [5.74, 6) is 0.415. The summed E-state index contributed by atoms with van der Waals surface area (Å²) < 4.78 is 27.6. The van der Waals surface area contributed by atoms with E-state index in [1.807, 2.05) is 0 Å². The zero-order valence-electron chi connectivity index (χ0n) is 9.36. The van der Waals surface area contributed by atoms with Gasteiger partial charge in [0.1, 0.15) is 4.21 Å². The summed E-state index contributed by atoms with van der Waals surface area (Å²) in [6.45, 7) is 4.67. The van der Waals surface area contributed by atoms with Crippen molar-refractivity contribution in [2.24, 2.45) is 5.92 Å². The van der Waals surface area contributed by atoms with Crippen molar-refractivity contribution >= 4 is 37.3 Å². The number of rotatable bonds is 6. The van der Waals surface area contributed by atoms with Crippen LogP contribution in [0.25, 0.3) is 0 Å². The van der Waals surface area contributed by atoms with Gasteiger partial charge in [0, 0.05) is 6.54 Å². The van der Waals surface area contributed by atoms with Crippen molar-refractivity contribution < 1.29 is 8.42 Å². The van der Waals surface area contributed by atoms with Crippen LogP contribution in [0.2, 0.25) is 0 Å². The molecule has 0 aromatic carbocycles. The highest BCUT2D eigenvalue weighted by Crippen LogP contribution is 2.25. The van der Waals surface area contributed by atoms with Crippen LogP contribution in [0, 0.1) is 5.92 Å². The number of nitrogens with one attached hydrogen (secondary N) is 1. The second kappa shape index (κ2) is 6.14. The van der Waals surface area contributed by atoms with Gasteiger partial charge in [-0.15, -0.1) is 11.3 Å². The van der Waals surface area contributed by atoms with Crippen LogP contribution in [-0.2, 0) is 10.0 Å². The molecular formula is C10H16BrNO2S2. The molecule has 0 saturated heterocycles. The molecule has 3 nitrogen and oxygen atoms in total. The van der Waals surface area contributed by atoms with E-state index in [9.17, 15) is 8.42 Å². The Balaban J connectivity index is 2.66. The van der Waals surface area contributed by atoms with Crippen LogP contribution >= 0.6 is 27.3 Å². The van der Waals surface area contributed by atoms with Gasteiger partial charge in [-0.1, -0.05) is 26.7 Å². The summed E-state index contributed by atoms with van der Waals surface area (Å²) in [6.07, 6.45) is 1.99. The monoisotopic (exact) mass is 325 g/mol. The minimum atomic E-state index is -3.32. The smallest absolute Gasteiger partial charge is 0.210 e. The number of hydrogen-bond donors (Lipinski definition) is 1. The molecule has 0 bridgehead atoms. The van der Waals surface area contributed by atoms with E-state index in [0.717, 1.165) is 16.6 Å². The summed E-state index contributed by atoms with van der Waals surface area (Å²) in [5, 5.41) is 0. The Morgan fingerprint density at radius 3 is 2.44 bits per heavy atom. The van der Waals surface area contributed by atoms with Crippen molar-refractivity contribution in [3.8, 4) is 0 Å². The lowest BCUT2D eigenvalue weighted by Gasteiger charge is -2.12. The van der Waals surface area contributed by atoms with E-state index < -0.39 is 10.0 Å². The molecule has 0 unspecified atom stereocenters. The zero-order valence-corrected chi connectivity index (χ0v) is 12.6. The molecule has 92 valence electrons. The van der Waals surface area contributed by atoms with Gasteiger partial charge in [0.15, 0.2) is 0 Å². The lowest BCUT2D eigenvalue weighted by molar-refractivity contribution is 0.479. The van der Waals surface area contributed by atoms with Gasteiger partial charge in [-0.25, -0.2) is 13.1 Å². The molecule has 16 heavy (non-hydrogen) atoms. The van der Waals surface area contributed by atoms with Crippen LogP contribution in [0.4, 0.5) is 0 Å². The fourth-order valence-electron chi connectivity index (χ4n) is 1.32. The Kier molecular flexibility index (Phi) is 5.43. The Bertz CT molecular complexity index is 424. The van der Waals surface area contributed by atoms with Crippen LogP contribution in [0.3, 0.4) is 0 Å². The lowest BCUT2D eigenvalue weighted by atomic mass is 10.0. The average molecular weight is 326 g/mol. The number of thiophene rings is 1. The van der Waals surface area contributed by atoms with Gasteiger partial charge in [0.25, 0.3) is 0 Å². The molecule has 0 aliphatic heterocycles. The quantitative estimate of drug-likeness (QED) is 0.872. The third kappa shape index (κ3) is 3.84. The van der Waals surface area contributed by atoms with Crippen LogP contribution < -0.4 is 4.72 Å². The van der Waals surface area contributed by atoms with Crippen LogP contribution in [-0.4, -0.2) is 15.0 Å². The molecule has 0 saturated carbocycles. The lowest BCUT2D eigenvalue weighted by Crippen LogP contribution is -2.28. The maximum Gasteiger partial charge on any atom is 0.250 e. The molecular weight excluding hydrogens is 310 g/mol. The first-order valence-corrected chi connectivity index (χ1v) is 8.33. The molecule has 0 atom stereocenters. The zero-order chi connectivity index (χ0) is 12.2. The van der Waals surface area contributed by atoms with E-state index in [1.165, 1.54) is 11.3 Å². The van der Waals surface area contributed by atoms with Crippen molar-refractivity contribution in [3.05, 3.63) is 15.9 Å². The van der Waals surface area contributed by atoms with Crippen molar-refractivity contribution in [1.82, 2.24) is 4.72 Å². The maximum absolute atomic E-state index is 11.9. The molecule has 1 N–H and O–H groups in total. The topological polar surface area (TPSA) is 46.2 Å². The minimum absolute atomic E-state index is 0.366. The van der Waals surface area contributed by atoms with Crippen molar-refractivity contribution in [2.45, 2.75) is 30.9 Å². The Labute approximate surface area is 109 Å². The maximum atomic E-state index is 11.9. The normalized spacial score (nSPS) is 12.2. The first-order chi connectivity index (χ1) is 7.49. The molecule has 0 amide bonds. The van der Waals surface area contributed by atoms with Gasteiger partial charge >= 0.3 is 0 Å². The highest BCUT2D eigenvalue weighted by atomic mass is 79.9. The first kappa shape index (κ1) is 14.2. The van der Waals surface area contributed by atoms with Gasteiger partial charge in [0.05, 0.1) is 3.79 Å². The predicted molar refractivity (Wildman–Crippen MR) is 71.3 cm³/mol. The van der Waals surface area contributed by atoms with Crippen molar-refractivity contribution in [2.75, 3.05) is 6.54 Å². The van der Waals surface area contributed by atoms with Gasteiger partial charge in [-0.2, -0.15) is 0 Å². The van der Waals surface area contributed by atoms with E-state index in [2.05, 4.69) is 34.5 Å². The van der Waals surface area contributed by atoms with Crippen LogP contribution in [0.5, 0.6) is 0 Å². The molecule has 0 aliphatic rings. The fourth-order valence-corrected chi connectivity index (χ4v) is 4.49. The molecule has 6 heteroatoms. The summed E-state index contributed by atoms with van der Waals surface area (Å²) >= 11 is 4.49. The highest BCUT2D eigenvalue weighted by Gasteiger charge is 2.17. The van der Waals surface area contributed by atoms with E-state index in [1.54, 1.807) is 12.1 Å². The van der Waals surface area contributed by atoms with Gasteiger partial charge in [0.2, 0.25) is 10.0 Å². The molecule has 1 heterocycles. The number of halogens is 1. The van der Waals surface area contributed by atoms with Crippen LogP contribution in [0.1, 0.15) is 26.7 Å². The van der Waals surface area contributed by atoms with Crippen molar-refractivity contribution in [3.63, 3.8) is 0 Å². The van der Waals surface area contributed by atoms with E-state index in [4.69, 9.17) is 0 Å². The Morgan fingerprint density at radius 2 is 2.00 bits per heavy atom. The summed E-state index contributed by atoms with van der Waals surface area (Å²) in [6, 6.07) is 3.36. The molecule has 0 spiro atoms. The summed E-state index contributed by atoms with van der Waals surface area (Å²) in [4.78, 5) is 0. The molecule has 0 aliphatic carbocycles. The average Bonchev–Trinajstić information content (AvgIpc) is 2.67. The molecule has 1 rings (SSSR count). The summed E-state index contributed by atoms with van der Waals surface area (Å²) in [5.41, 5.74) is 0. The third-order valence-corrected chi connectivity index (χ3v) is 6.07. The van der Waals surface area contributed by atoms with E-state index >= 15 is 0 Å². The first-order valence-electron chi connectivity index (χ1n) is 5.24. The third-order valence-electron chi connectivity index (χ3n) is 2.53. The largest absolute Gasteiger partial charge is 0.250 e. The van der Waals surface area contributed by atoms with E-state index in [0.29, 0.717) is 16.7 Å². The molecule has 1 aromatic rings.